The van der Waals surface area contributed by atoms with E-state index in [1.165, 1.54) is 24.8 Å². The van der Waals surface area contributed by atoms with Crippen LogP contribution in [-0.2, 0) is 9.59 Å². The SMILES string of the molecule is CC(C)(C(=O)O)N1C(=O)CNc2ccc(C#N)cc21. The minimum absolute atomic E-state index is 0.0373. The Morgan fingerprint density at radius 1 is 1.53 bits per heavy atom. The summed E-state index contributed by atoms with van der Waals surface area (Å²) < 4.78 is 0. The second-order valence-corrected chi connectivity index (χ2v) is 4.79. The van der Waals surface area contributed by atoms with Gasteiger partial charge in [-0.05, 0) is 32.0 Å². The number of aliphatic carboxylic acids is 1. The number of nitrogens with zero attached hydrogens (tertiary/aromatic N) is 2. The second kappa shape index (κ2) is 4.28. The Kier molecular flexibility index (Phi) is 2.91. The molecule has 1 amide bonds. The number of amides is 1. The van der Waals surface area contributed by atoms with E-state index in [9.17, 15) is 14.7 Å². The van der Waals surface area contributed by atoms with Crippen molar-refractivity contribution >= 4 is 23.3 Å². The van der Waals surface area contributed by atoms with Crippen molar-refractivity contribution in [3.63, 3.8) is 0 Å². The molecule has 98 valence electrons. The third-order valence-corrected chi connectivity index (χ3v) is 3.13. The third kappa shape index (κ3) is 1.99. The van der Waals surface area contributed by atoms with Crippen LogP contribution in [0.5, 0.6) is 0 Å². The van der Waals surface area contributed by atoms with Crippen molar-refractivity contribution in [3.05, 3.63) is 23.8 Å². The number of hydrogen-bond donors (Lipinski definition) is 2. The molecule has 0 atom stereocenters. The minimum Gasteiger partial charge on any atom is -0.480 e. The van der Waals surface area contributed by atoms with Gasteiger partial charge in [0.15, 0.2) is 0 Å². The maximum absolute atomic E-state index is 12.0. The molecule has 0 radical (unpaired) electrons. The Bertz CT molecular complexity index is 602. The Balaban J connectivity index is 2.61. The van der Waals surface area contributed by atoms with Gasteiger partial charge in [0, 0.05) is 0 Å². The zero-order valence-corrected chi connectivity index (χ0v) is 10.6. The molecule has 0 fully saturated rings. The van der Waals surface area contributed by atoms with Crippen molar-refractivity contribution in [3.8, 4) is 6.07 Å². The topological polar surface area (TPSA) is 93.4 Å². The van der Waals surface area contributed by atoms with Crippen LogP contribution in [0.4, 0.5) is 11.4 Å². The standard InChI is InChI=1S/C13H13N3O3/c1-13(2,12(18)19)16-10-5-8(6-14)3-4-9(10)15-7-11(16)17/h3-5,15H,7H2,1-2H3,(H,18,19). The molecule has 2 rings (SSSR count). The van der Waals surface area contributed by atoms with E-state index in [-0.39, 0.29) is 12.5 Å². The molecule has 1 aromatic carbocycles. The lowest BCUT2D eigenvalue weighted by molar-refractivity contribution is -0.143. The zero-order chi connectivity index (χ0) is 14.2. The molecule has 1 aliphatic rings. The van der Waals surface area contributed by atoms with Crippen LogP contribution in [0.1, 0.15) is 19.4 Å². The summed E-state index contributed by atoms with van der Waals surface area (Å²) in [5.74, 6) is -1.44. The predicted octanol–water partition coefficient (Wildman–Crippen LogP) is 1.18. The largest absolute Gasteiger partial charge is 0.480 e. The lowest BCUT2D eigenvalue weighted by atomic mass is 9.99. The molecule has 2 N–H and O–H groups in total. The van der Waals surface area contributed by atoms with E-state index in [0.29, 0.717) is 16.9 Å². The molecule has 19 heavy (non-hydrogen) atoms. The van der Waals surface area contributed by atoms with Gasteiger partial charge in [-0.25, -0.2) is 4.79 Å². The number of benzene rings is 1. The number of nitrogens with one attached hydrogen (secondary N) is 1. The molecule has 1 heterocycles. The first-order chi connectivity index (χ1) is 8.87. The number of fused-ring (bicyclic) bond motifs is 1. The van der Waals surface area contributed by atoms with Crippen LogP contribution in [0.25, 0.3) is 0 Å². The summed E-state index contributed by atoms with van der Waals surface area (Å²) in [7, 11) is 0. The van der Waals surface area contributed by atoms with Crippen LogP contribution in [-0.4, -0.2) is 29.1 Å². The van der Waals surface area contributed by atoms with E-state index >= 15 is 0 Å². The van der Waals surface area contributed by atoms with Crippen LogP contribution < -0.4 is 10.2 Å². The van der Waals surface area contributed by atoms with Crippen molar-refractivity contribution < 1.29 is 14.7 Å². The first-order valence-corrected chi connectivity index (χ1v) is 5.72. The first-order valence-electron chi connectivity index (χ1n) is 5.72. The molecule has 0 spiro atoms. The van der Waals surface area contributed by atoms with Gasteiger partial charge in [-0.3, -0.25) is 9.69 Å². The molecule has 6 nitrogen and oxygen atoms in total. The molecular weight excluding hydrogens is 246 g/mol. The highest BCUT2D eigenvalue weighted by atomic mass is 16.4. The zero-order valence-electron chi connectivity index (χ0n) is 10.6. The van der Waals surface area contributed by atoms with Crippen molar-refractivity contribution in [2.75, 3.05) is 16.8 Å². The normalized spacial score (nSPS) is 14.4. The fourth-order valence-electron chi connectivity index (χ4n) is 2.03. The summed E-state index contributed by atoms with van der Waals surface area (Å²) in [6.07, 6.45) is 0. The Morgan fingerprint density at radius 3 is 2.79 bits per heavy atom. The van der Waals surface area contributed by atoms with E-state index in [2.05, 4.69) is 5.32 Å². The monoisotopic (exact) mass is 259 g/mol. The maximum Gasteiger partial charge on any atom is 0.329 e. The third-order valence-electron chi connectivity index (χ3n) is 3.13. The van der Waals surface area contributed by atoms with Crippen molar-refractivity contribution in [1.82, 2.24) is 0 Å². The van der Waals surface area contributed by atoms with Gasteiger partial charge in [-0.1, -0.05) is 0 Å². The molecule has 0 saturated heterocycles. The van der Waals surface area contributed by atoms with Crippen LogP contribution in [0.2, 0.25) is 0 Å². The fourth-order valence-corrected chi connectivity index (χ4v) is 2.03. The fraction of sp³-hybridized carbons (Fsp3) is 0.308. The summed E-state index contributed by atoms with van der Waals surface area (Å²) in [4.78, 5) is 24.6. The molecule has 0 aliphatic carbocycles. The lowest BCUT2D eigenvalue weighted by Gasteiger charge is -2.39. The molecule has 0 bridgehead atoms. The molecule has 1 aromatic rings. The Labute approximate surface area is 110 Å². The van der Waals surface area contributed by atoms with E-state index < -0.39 is 11.5 Å². The first kappa shape index (κ1) is 12.9. The summed E-state index contributed by atoms with van der Waals surface area (Å²) in [6.45, 7) is 2.96. The van der Waals surface area contributed by atoms with Crippen LogP contribution in [0.15, 0.2) is 18.2 Å². The quantitative estimate of drug-likeness (QED) is 0.831. The van der Waals surface area contributed by atoms with Crippen LogP contribution >= 0.6 is 0 Å². The maximum atomic E-state index is 12.0. The van der Waals surface area contributed by atoms with Gasteiger partial charge in [0.1, 0.15) is 5.54 Å². The summed E-state index contributed by atoms with van der Waals surface area (Å²) in [5, 5.41) is 21.1. The van der Waals surface area contributed by atoms with Crippen LogP contribution in [0, 0.1) is 11.3 Å². The average molecular weight is 259 g/mol. The number of anilines is 2. The number of carbonyl (C=O) groups is 2. The van der Waals surface area contributed by atoms with Gasteiger partial charge in [0.05, 0.1) is 29.6 Å². The van der Waals surface area contributed by atoms with Gasteiger partial charge in [-0.15, -0.1) is 0 Å². The van der Waals surface area contributed by atoms with Gasteiger partial charge >= 0.3 is 5.97 Å². The van der Waals surface area contributed by atoms with E-state index in [0.717, 1.165) is 0 Å². The van der Waals surface area contributed by atoms with Gasteiger partial charge in [0.25, 0.3) is 0 Å². The lowest BCUT2D eigenvalue weighted by Crippen LogP contribution is -2.56. The molecule has 1 aliphatic heterocycles. The Morgan fingerprint density at radius 2 is 2.21 bits per heavy atom. The number of rotatable bonds is 2. The van der Waals surface area contributed by atoms with E-state index in [1.54, 1.807) is 12.1 Å². The number of carboxylic acids is 1. The van der Waals surface area contributed by atoms with Gasteiger partial charge < -0.3 is 10.4 Å². The highest BCUT2D eigenvalue weighted by Gasteiger charge is 2.41. The Hall–Kier alpha value is -2.55. The second-order valence-electron chi connectivity index (χ2n) is 4.79. The van der Waals surface area contributed by atoms with E-state index in [4.69, 9.17) is 5.26 Å². The highest BCUT2D eigenvalue weighted by molar-refractivity contribution is 6.08. The van der Waals surface area contributed by atoms with Crippen molar-refractivity contribution in [2.45, 2.75) is 19.4 Å². The van der Waals surface area contributed by atoms with E-state index in [1.807, 2.05) is 6.07 Å². The predicted molar refractivity (Wildman–Crippen MR) is 68.8 cm³/mol. The summed E-state index contributed by atoms with van der Waals surface area (Å²) >= 11 is 0. The summed E-state index contributed by atoms with van der Waals surface area (Å²) in [6, 6.07) is 6.79. The number of hydrogen-bond acceptors (Lipinski definition) is 4. The average Bonchev–Trinajstić information content (AvgIpc) is 2.37. The highest BCUT2D eigenvalue weighted by Crippen LogP contribution is 2.35. The summed E-state index contributed by atoms with van der Waals surface area (Å²) in [5.41, 5.74) is 0.0687. The van der Waals surface area contributed by atoms with Crippen molar-refractivity contribution in [1.29, 1.82) is 5.26 Å². The van der Waals surface area contributed by atoms with Crippen LogP contribution in [0.3, 0.4) is 0 Å². The molecule has 0 aromatic heterocycles. The number of carbonyl (C=O) groups excluding carboxylic acids is 1. The smallest absolute Gasteiger partial charge is 0.329 e. The van der Waals surface area contributed by atoms with Gasteiger partial charge in [0.2, 0.25) is 5.91 Å². The van der Waals surface area contributed by atoms with Crippen molar-refractivity contribution in [2.24, 2.45) is 0 Å². The molecular formula is C13H13N3O3. The number of nitriles is 1. The molecule has 6 heteroatoms. The molecule has 0 unspecified atom stereocenters. The van der Waals surface area contributed by atoms with Gasteiger partial charge in [-0.2, -0.15) is 5.26 Å². The number of carboxylic acid groups (broad SMARTS) is 1. The minimum atomic E-state index is -1.37. The molecule has 0 saturated carbocycles.